The first-order chi connectivity index (χ1) is 21.5. The quantitative estimate of drug-likeness (QED) is 0.440. The highest BCUT2D eigenvalue weighted by Gasteiger charge is 2.61. The number of carbonyl (C=O) groups excluding carboxylic acids is 3. The van der Waals surface area contributed by atoms with Gasteiger partial charge in [0.25, 0.3) is 0 Å². The van der Waals surface area contributed by atoms with Crippen LogP contribution >= 0.6 is 0 Å². The first kappa shape index (κ1) is 31.5. The van der Waals surface area contributed by atoms with Crippen LogP contribution in [0.15, 0.2) is 36.4 Å². The highest BCUT2D eigenvalue weighted by molar-refractivity contribution is 7.90. The molecule has 3 aliphatic carbocycles. The Balaban J connectivity index is 1.29. The van der Waals surface area contributed by atoms with Crippen LogP contribution in [0.5, 0.6) is 11.6 Å². The van der Waals surface area contributed by atoms with Crippen molar-refractivity contribution < 1.29 is 32.3 Å². The summed E-state index contributed by atoms with van der Waals surface area (Å²) in [6.45, 7) is 4.90. The first-order valence-corrected chi connectivity index (χ1v) is 17.8. The van der Waals surface area contributed by atoms with Gasteiger partial charge in [0.1, 0.15) is 17.6 Å². The molecule has 1 N–H and O–H groups in total. The molecule has 3 fully saturated rings. The largest absolute Gasteiger partial charge is 0.489 e. The highest BCUT2D eigenvalue weighted by Crippen LogP contribution is 2.58. The minimum atomic E-state index is -3.76. The lowest BCUT2D eigenvalue weighted by molar-refractivity contribution is -0.140. The fourth-order valence-electron chi connectivity index (χ4n) is 7.08. The number of sulfonamides is 1. The Labute approximate surface area is 265 Å². The molecule has 6 rings (SSSR count). The second-order valence-corrected chi connectivity index (χ2v) is 15.2. The molecule has 2 amide bonds. The summed E-state index contributed by atoms with van der Waals surface area (Å²) in [5, 5.41) is 0.285. The number of amides is 2. The number of allylic oxidation sites excluding steroid dienone is 2. The lowest BCUT2D eigenvalue weighted by Gasteiger charge is -2.26. The van der Waals surface area contributed by atoms with E-state index in [4.69, 9.17) is 9.47 Å². The Morgan fingerprint density at radius 1 is 1.16 bits per heavy atom. The summed E-state index contributed by atoms with van der Waals surface area (Å²) in [7, 11) is -1.98. The predicted octanol–water partition coefficient (Wildman–Crippen LogP) is 4.49. The maximum absolute atomic E-state index is 14.2. The lowest BCUT2D eigenvalue weighted by atomic mass is 9.84. The van der Waals surface area contributed by atoms with Crippen LogP contribution in [0.4, 0.5) is 0 Å². The number of fused-ring (bicyclic) bond motifs is 3. The van der Waals surface area contributed by atoms with Crippen molar-refractivity contribution in [2.75, 3.05) is 20.2 Å². The number of nitrogens with one attached hydrogen (secondary N) is 1. The summed E-state index contributed by atoms with van der Waals surface area (Å²) >= 11 is 0. The normalized spacial score (nSPS) is 29.8. The Bertz CT molecular complexity index is 1640. The van der Waals surface area contributed by atoms with Crippen LogP contribution in [0, 0.1) is 30.1 Å². The van der Waals surface area contributed by atoms with Crippen LogP contribution in [0.1, 0.15) is 70.3 Å². The molecule has 1 aromatic heterocycles. The summed E-state index contributed by atoms with van der Waals surface area (Å²) in [5.74, 6) is -1.32. The number of hydrogen-bond acceptors (Lipinski definition) is 8. The molecule has 2 heterocycles. The second kappa shape index (κ2) is 12.4. The number of aryl methyl sites for hydroxylation is 1. The van der Waals surface area contributed by atoms with Gasteiger partial charge in [-0.05, 0) is 82.8 Å². The number of carbonyl (C=O) groups is 3. The van der Waals surface area contributed by atoms with Gasteiger partial charge in [-0.15, -0.1) is 0 Å². The summed E-state index contributed by atoms with van der Waals surface area (Å²) < 4.78 is 40.0. The molecule has 4 aliphatic rings. The zero-order chi connectivity index (χ0) is 31.9. The molecule has 5 atom stereocenters. The van der Waals surface area contributed by atoms with E-state index >= 15 is 0 Å². The van der Waals surface area contributed by atoms with Gasteiger partial charge in [-0.2, -0.15) is 0 Å². The number of para-hydroxylation sites is 1. The first-order valence-electron chi connectivity index (χ1n) is 16.2. The van der Waals surface area contributed by atoms with E-state index < -0.39 is 44.5 Å². The van der Waals surface area contributed by atoms with Crippen molar-refractivity contribution in [2.24, 2.45) is 23.2 Å². The molecular formula is C34H43N3O7S. The molecule has 10 nitrogen and oxygen atoms in total. The minimum Gasteiger partial charge on any atom is -0.489 e. The van der Waals surface area contributed by atoms with Gasteiger partial charge in [-0.1, -0.05) is 24.3 Å². The Morgan fingerprint density at radius 2 is 1.93 bits per heavy atom. The third-order valence-corrected chi connectivity index (χ3v) is 11.8. The predicted molar refractivity (Wildman–Crippen MR) is 169 cm³/mol. The van der Waals surface area contributed by atoms with Crippen LogP contribution in [-0.2, 0) is 24.4 Å². The molecule has 0 unspecified atom stereocenters. The molecular weight excluding hydrogens is 594 g/mol. The molecule has 0 radical (unpaired) electrons. The van der Waals surface area contributed by atoms with E-state index in [0.717, 1.165) is 35.7 Å². The highest BCUT2D eigenvalue weighted by atomic mass is 32.2. The number of ether oxygens (including phenoxy) is 2. The molecule has 1 aromatic carbocycles. The number of benzene rings is 1. The van der Waals surface area contributed by atoms with Crippen molar-refractivity contribution in [1.82, 2.24) is 14.6 Å². The summed E-state index contributed by atoms with van der Waals surface area (Å²) in [6, 6.07) is 7.62. The fourth-order valence-corrected chi connectivity index (χ4v) is 8.47. The molecule has 0 saturated heterocycles. The molecule has 3 saturated carbocycles. The number of Topliss-reactive ketones (excluding diaryl/α,β-unsaturated/α-hetero) is 1. The van der Waals surface area contributed by atoms with E-state index in [1.165, 1.54) is 0 Å². The minimum absolute atomic E-state index is 0.0975. The van der Waals surface area contributed by atoms with Gasteiger partial charge >= 0.3 is 0 Å². The van der Waals surface area contributed by atoms with E-state index in [0.29, 0.717) is 56.9 Å². The zero-order valence-corrected chi connectivity index (χ0v) is 27.1. The number of nitrogens with zero attached hydrogens (tertiary/aromatic N) is 2. The van der Waals surface area contributed by atoms with Crippen molar-refractivity contribution in [3.05, 3.63) is 42.0 Å². The summed E-state index contributed by atoms with van der Waals surface area (Å²) in [4.78, 5) is 47.9. The van der Waals surface area contributed by atoms with Gasteiger partial charge < -0.3 is 14.4 Å². The molecule has 11 heteroatoms. The molecule has 1 aliphatic heterocycles. The molecule has 242 valence electrons. The van der Waals surface area contributed by atoms with Gasteiger partial charge in [-0.25, -0.2) is 13.4 Å². The van der Waals surface area contributed by atoms with Crippen molar-refractivity contribution in [2.45, 2.75) is 83.0 Å². The number of rotatable bonds is 7. The topological polar surface area (TPSA) is 132 Å². The third kappa shape index (κ3) is 6.46. The van der Waals surface area contributed by atoms with E-state index in [1.54, 1.807) is 18.0 Å². The van der Waals surface area contributed by atoms with E-state index in [1.807, 2.05) is 44.2 Å². The van der Waals surface area contributed by atoms with Gasteiger partial charge in [0.05, 0.1) is 28.7 Å². The smallest absolute Gasteiger partial charge is 0.240 e. The molecule has 0 spiro atoms. The van der Waals surface area contributed by atoms with Crippen molar-refractivity contribution >= 4 is 38.5 Å². The van der Waals surface area contributed by atoms with Crippen LogP contribution in [0.2, 0.25) is 0 Å². The van der Waals surface area contributed by atoms with Gasteiger partial charge in [-0.3, -0.25) is 19.1 Å². The van der Waals surface area contributed by atoms with Crippen LogP contribution in [-0.4, -0.2) is 67.5 Å². The van der Waals surface area contributed by atoms with Gasteiger partial charge in [0.15, 0.2) is 0 Å². The van der Waals surface area contributed by atoms with Crippen molar-refractivity contribution in [3.63, 3.8) is 0 Å². The number of aromatic nitrogens is 1. The van der Waals surface area contributed by atoms with Crippen LogP contribution < -0.4 is 14.2 Å². The SMILES string of the molecule is CCOc1cc(O[C@@H]2C[C@H]3C(=O)C[C@]4(C(=O)NS(=O)(=O)C5CC5)C[C@@H]4/C=C\CCCCN(C)C(=O)[C@@H]3C2)c2cccc(C)c2n1. The number of ketones is 1. The third-order valence-electron chi connectivity index (χ3n) is 9.95. The Morgan fingerprint density at radius 3 is 2.69 bits per heavy atom. The number of hydrogen-bond donors (Lipinski definition) is 1. The second-order valence-electron chi connectivity index (χ2n) is 13.3. The van der Waals surface area contributed by atoms with E-state index in [9.17, 15) is 22.8 Å². The molecule has 2 aromatic rings. The zero-order valence-electron chi connectivity index (χ0n) is 26.3. The van der Waals surface area contributed by atoms with Crippen molar-refractivity contribution in [3.8, 4) is 11.6 Å². The van der Waals surface area contributed by atoms with E-state index in [2.05, 4.69) is 9.71 Å². The van der Waals surface area contributed by atoms with Crippen LogP contribution in [0.25, 0.3) is 10.9 Å². The fraction of sp³-hybridized carbons (Fsp3) is 0.588. The molecule has 45 heavy (non-hydrogen) atoms. The Hall–Kier alpha value is -3.47. The maximum atomic E-state index is 14.2. The maximum Gasteiger partial charge on any atom is 0.240 e. The average Bonchev–Trinajstić information content (AvgIpc) is 3.92. The summed E-state index contributed by atoms with van der Waals surface area (Å²) in [6.07, 6.45) is 8.12. The van der Waals surface area contributed by atoms with Crippen LogP contribution in [0.3, 0.4) is 0 Å². The number of pyridine rings is 1. The lowest BCUT2D eigenvalue weighted by Crippen LogP contribution is -2.42. The monoisotopic (exact) mass is 637 g/mol. The van der Waals surface area contributed by atoms with Gasteiger partial charge in [0.2, 0.25) is 27.7 Å². The summed E-state index contributed by atoms with van der Waals surface area (Å²) in [5.41, 5.74) is 0.623. The average molecular weight is 638 g/mol. The standard InChI is InChI=1S/C34H43N3O7S/c1-4-43-30-18-29(25-12-9-10-21(2)31(25)35-30)44-23-16-26-27(17-23)32(39)37(3)15-8-6-5-7-11-22-19-34(22,20-28(26)38)33(40)36-45(41,42)24-13-14-24/h7,9-12,18,22-24,26-27H,4-6,8,13-17,19-20H2,1-3H3,(H,36,40)/b11-7-/t22-,23+,26+,27+,34+/m0/s1. The van der Waals surface area contributed by atoms with Crippen molar-refractivity contribution in [1.29, 1.82) is 0 Å². The van der Waals surface area contributed by atoms with E-state index in [-0.39, 0.29) is 24.0 Å². The van der Waals surface area contributed by atoms with Gasteiger partial charge in [0, 0.05) is 37.4 Å². The Kier molecular flexibility index (Phi) is 8.67. The molecule has 0 bridgehead atoms.